The molecule has 1 unspecified atom stereocenters. The maximum atomic E-state index is 13.8. The molecular formula is C30H37BN4O4S. The van der Waals surface area contributed by atoms with E-state index in [2.05, 4.69) is 32.7 Å². The zero-order valence-corrected chi connectivity index (χ0v) is 24.3. The van der Waals surface area contributed by atoms with E-state index < -0.39 is 36.2 Å². The van der Waals surface area contributed by atoms with E-state index in [0.29, 0.717) is 12.2 Å². The lowest BCUT2D eigenvalue weighted by molar-refractivity contribution is -0.122. The van der Waals surface area contributed by atoms with Crippen LogP contribution >= 0.6 is 11.8 Å². The van der Waals surface area contributed by atoms with Crippen LogP contribution in [0.25, 0.3) is 0 Å². The number of aromatic nitrogens is 2. The van der Waals surface area contributed by atoms with E-state index in [1.165, 1.54) is 35.9 Å². The molecule has 3 aromatic rings. The highest BCUT2D eigenvalue weighted by Crippen LogP contribution is 2.38. The number of amides is 2. The lowest BCUT2D eigenvalue weighted by Crippen LogP contribution is -2.55. The van der Waals surface area contributed by atoms with E-state index in [4.69, 9.17) is 9.31 Å². The number of carbonyl (C=O) groups excluding carboxylic acids is 2. The number of hydrogen-bond acceptors (Lipinski definition) is 7. The standard InChI is InChI=1S/C30H37BN4O4S/c1-29(2)30(3,4)39-31(38-29)26(17-11-14-22-12-7-5-8-13-22)35-28(37)25(21-40-23-15-9-6-10-16-23)34-27(36)24-20-32-18-19-33-24/h5-10,12-13,15-16,18-20,25-26H,11,14,17,21H2,1-4H3,(H,34,36)(H,35,37)/t25?,26-/m0/s1. The van der Waals surface area contributed by atoms with Crippen LogP contribution in [0.1, 0.15) is 56.6 Å². The zero-order chi connectivity index (χ0) is 28.6. The van der Waals surface area contributed by atoms with Crippen LogP contribution in [0.15, 0.2) is 84.1 Å². The van der Waals surface area contributed by atoms with Gasteiger partial charge in [0.25, 0.3) is 5.91 Å². The monoisotopic (exact) mass is 560 g/mol. The van der Waals surface area contributed by atoms with Crippen LogP contribution in [-0.4, -0.2) is 57.8 Å². The molecule has 2 aromatic carbocycles. The molecule has 2 atom stereocenters. The first-order chi connectivity index (χ1) is 19.1. The molecule has 4 rings (SSSR count). The van der Waals surface area contributed by atoms with Gasteiger partial charge in [0.15, 0.2) is 0 Å². The number of thioether (sulfide) groups is 1. The van der Waals surface area contributed by atoms with E-state index in [1.54, 1.807) is 0 Å². The third-order valence-corrected chi connectivity index (χ3v) is 8.43. The molecule has 2 amide bonds. The molecule has 1 saturated heterocycles. The van der Waals surface area contributed by atoms with Gasteiger partial charge in [-0.2, -0.15) is 0 Å². The van der Waals surface area contributed by atoms with Crippen molar-refractivity contribution in [2.75, 3.05) is 5.75 Å². The average Bonchev–Trinajstić information content (AvgIpc) is 3.18. The second-order valence-corrected chi connectivity index (χ2v) is 12.0. The summed E-state index contributed by atoms with van der Waals surface area (Å²) in [5.74, 6) is -0.838. The average molecular weight is 561 g/mol. The first-order valence-electron chi connectivity index (χ1n) is 13.6. The Labute approximate surface area is 241 Å². The Morgan fingerprint density at radius 1 is 0.925 bits per heavy atom. The third-order valence-electron chi connectivity index (χ3n) is 7.33. The van der Waals surface area contributed by atoms with Crippen molar-refractivity contribution in [1.29, 1.82) is 0 Å². The Hall–Kier alpha value is -3.21. The van der Waals surface area contributed by atoms with Crippen LogP contribution in [0.4, 0.5) is 0 Å². The lowest BCUT2D eigenvalue weighted by Gasteiger charge is -2.32. The number of carbonyl (C=O) groups is 2. The molecule has 8 nitrogen and oxygen atoms in total. The van der Waals surface area contributed by atoms with Crippen LogP contribution in [0.2, 0.25) is 0 Å². The quantitative estimate of drug-likeness (QED) is 0.248. The molecule has 40 heavy (non-hydrogen) atoms. The Morgan fingerprint density at radius 3 is 2.20 bits per heavy atom. The lowest BCUT2D eigenvalue weighted by atomic mass is 9.75. The fourth-order valence-electron chi connectivity index (χ4n) is 4.31. The number of aryl methyl sites for hydroxylation is 1. The van der Waals surface area contributed by atoms with Gasteiger partial charge in [-0.15, -0.1) is 11.8 Å². The second kappa shape index (κ2) is 13.4. The molecule has 0 radical (unpaired) electrons. The van der Waals surface area contributed by atoms with Gasteiger partial charge in [-0.1, -0.05) is 48.5 Å². The molecule has 2 heterocycles. The molecular weight excluding hydrogens is 523 g/mol. The van der Waals surface area contributed by atoms with Crippen molar-refractivity contribution in [3.8, 4) is 0 Å². The van der Waals surface area contributed by atoms with Gasteiger partial charge >= 0.3 is 7.12 Å². The van der Waals surface area contributed by atoms with Crippen LogP contribution in [-0.2, 0) is 20.5 Å². The van der Waals surface area contributed by atoms with Crippen molar-refractivity contribution in [2.24, 2.45) is 0 Å². The Balaban J connectivity index is 1.50. The minimum atomic E-state index is -0.821. The Bertz CT molecular complexity index is 1230. The summed E-state index contributed by atoms with van der Waals surface area (Å²) in [7, 11) is -0.622. The molecule has 0 aliphatic carbocycles. The van der Waals surface area contributed by atoms with Crippen molar-refractivity contribution in [3.63, 3.8) is 0 Å². The summed E-state index contributed by atoms with van der Waals surface area (Å²) in [5.41, 5.74) is 0.302. The van der Waals surface area contributed by atoms with Gasteiger partial charge in [-0.05, 0) is 64.7 Å². The highest BCUT2D eigenvalue weighted by molar-refractivity contribution is 7.99. The van der Waals surface area contributed by atoms with Crippen molar-refractivity contribution < 1.29 is 18.9 Å². The van der Waals surface area contributed by atoms with E-state index in [0.717, 1.165) is 17.7 Å². The van der Waals surface area contributed by atoms with Crippen molar-refractivity contribution in [3.05, 3.63) is 90.5 Å². The van der Waals surface area contributed by atoms with Gasteiger partial charge in [-0.3, -0.25) is 14.6 Å². The summed E-state index contributed by atoms with van der Waals surface area (Å²) in [5, 5.41) is 6.02. The van der Waals surface area contributed by atoms with E-state index in [-0.39, 0.29) is 11.6 Å². The van der Waals surface area contributed by atoms with Gasteiger partial charge in [0.05, 0.1) is 23.3 Å². The molecule has 0 spiro atoms. The van der Waals surface area contributed by atoms with Crippen LogP contribution in [0.5, 0.6) is 0 Å². The summed E-state index contributed by atoms with van der Waals surface area (Å²) in [6.07, 6.45) is 6.66. The minimum absolute atomic E-state index is 0.149. The molecule has 2 N–H and O–H groups in total. The maximum absolute atomic E-state index is 13.8. The zero-order valence-electron chi connectivity index (χ0n) is 23.5. The highest BCUT2D eigenvalue weighted by atomic mass is 32.2. The molecule has 0 saturated carbocycles. The SMILES string of the molecule is CC1(C)OB([C@H](CCCc2ccccc2)NC(=O)C(CSc2ccccc2)NC(=O)c2cnccn2)OC1(C)C. The molecule has 210 valence electrons. The minimum Gasteiger partial charge on any atom is -0.402 e. The fourth-order valence-corrected chi connectivity index (χ4v) is 5.25. The number of benzene rings is 2. The van der Waals surface area contributed by atoms with Crippen LogP contribution in [0.3, 0.4) is 0 Å². The predicted molar refractivity (Wildman–Crippen MR) is 158 cm³/mol. The highest BCUT2D eigenvalue weighted by Gasteiger charge is 2.54. The summed E-state index contributed by atoms with van der Waals surface area (Å²) < 4.78 is 12.7. The largest absolute Gasteiger partial charge is 0.481 e. The molecule has 1 aromatic heterocycles. The van der Waals surface area contributed by atoms with Gasteiger partial charge in [-0.25, -0.2) is 4.98 Å². The number of nitrogens with zero attached hydrogens (tertiary/aromatic N) is 2. The second-order valence-electron chi connectivity index (χ2n) is 10.9. The third kappa shape index (κ3) is 7.93. The van der Waals surface area contributed by atoms with E-state index in [9.17, 15) is 9.59 Å². The summed E-state index contributed by atoms with van der Waals surface area (Å²) >= 11 is 1.49. The molecule has 1 aliphatic rings. The molecule has 1 aliphatic heterocycles. The fraction of sp³-hybridized carbons (Fsp3) is 0.400. The summed E-state index contributed by atoms with van der Waals surface area (Å²) in [4.78, 5) is 35.8. The van der Waals surface area contributed by atoms with E-state index in [1.807, 2.05) is 76.2 Å². The number of rotatable bonds is 12. The van der Waals surface area contributed by atoms with Gasteiger partial charge in [0, 0.05) is 23.0 Å². The summed E-state index contributed by atoms with van der Waals surface area (Å²) in [6, 6.07) is 19.2. The normalized spacial score (nSPS) is 17.1. The molecule has 10 heteroatoms. The Kier molecular flexibility index (Phi) is 10.00. The summed E-state index contributed by atoms with van der Waals surface area (Å²) in [6.45, 7) is 7.99. The maximum Gasteiger partial charge on any atom is 0.481 e. The van der Waals surface area contributed by atoms with Crippen LogP contribution in [0, 0.1) is 0 Å². The van der Waals surface area contributed by atoms with Crippen molar-refractivity contribution >= 4 is 30.7 Å². The van der Waals surface area contributed by atoms with Gasteiger partial charge in [0.1, 0.15) is 11.7 Å². The first-order valence-corrected chi connectivity index (χ1v) is 14.6. The number of hydrogen-bond donors (Lipinski definition) is 2. The van der Waals surface area contributed by atoms with Crippen molar-refractivity contribution in [1.82, 2.24) is 20.6 Å². The number of nitrogens with one attached hydrogen (secondary N) is 2. The van der Waals surface area contributed by atoms with Crippen LogP contribution < -0.4 is 10.6 Å². The predicted octanol–water partition coefficient (Wildman–Crippen LogP) is 4.51. The smallest absolute Gasteiger partial charge is 0.402 e. The molecule has 1 fully saturated rings. The van der Waals surface area contributed by atoms with Gasteiger partial charge in [0.2, 0.25) is 5.91 Å². The van der Waals surface area contributed by atoms with Crippen molar-refractivity contribution in [2.45, 2.75) is 75.0 Å². The topological polar surface area (TPSA) is 102 Å². The van der Waals surface area contributed by atoms with E-state index >= 15 is 0 Å². The Morgan fingerprint density at radius 2 is 1.57 bits per heavy atom. The van der Waals surface area contributed by atoms with Gasteiger partial charge < -0.3 is 19.9 Å². The first kappa shape index (κ1) is 29.8. The molecule has 0 bridgehead atoms.